The third-order valence-electron chi connectivity index (χ3n) is 9.81. The number of hydrogen-bond acceptors (Lipinski definition) is 3. The first-order chi connectivity index (χ1) is 28.5. The van der Waals surface area contributed by atoms with Crippen molar-refractivity contribution in [3.8, 4) is 11.4 Å². The summed E-state index contributed by atoms with van der Waals surface area (Å²) in [4.78, 5) is 14.6. The van der Waals surface area contributed by atoms with Crippen LogP contribution < -0.4 is 0 Å². The van der Waals surface area contributed by atoms with Gasteiger partial charge < -0.3 is 0 Å². The summed E-state index contributed by atoms with van der Waals surface area (Å²) >= 11 is 0. The van der Waals surface area contributed by atoms with E-state index in [1.807, 2.05) is 54.6 Å². The van der Waals surface area contributed by atoms with Crippen molar-refractivity contribution in [1.29, 1.82) is 0 Å². The van der Waals surface area contributed by atoms with Gasteiger partial charge in [0, 0.05) is 17.6 Å². The summed E-state index contributed by atoms with van der Waals surface area (Å²) in [7, 11) is 0. The number of rotatable bonds is 16. The smallest absolute Gasteiger partial charge is 0.163 e. The Morgan fingerprint density at radius 3 is 1.86 bits per heavy atom. The number of aromatic nitrogens is 3. The summed E-state index contributed by atoms with van der Waals surface area (Å²) in [5.41, 5.74) is 10.9. The summed E-state index contributed by atoms with van der Waals surface area (Å²) in [5, 5.41) is 0. The number of nitrogens with zero attached hydrogens (tertiary/aromatic N) is 3. The molecule has 0 spiro atoms. The molecule has 0 saturated heterocycles. The second kappa shape index (κ2) is 21.4. The highest BCUT2D eigenvalue weighted by Gasteiger charge is 2.13. The molecule has 0 fully saturated rings. The van der Waals surface area contributed by atoms with Gasteiger partial charge >= 0.3 is 0 Å². The molecule has 0 bridgehead atoms. The predicted molar refractivity (Wildman–Crippen MR) is 248 cm³/mol. The van der Waals surface area contributed by atoms with E-state index in [1.165, 1.54) is 5.56 Å². The van der Waals surface area contributed by atoms with Gasteiger partial charge in [0.15, 0.2) is 11.6 Å². The summed E-state index contributed by atoms with van der Waals surface area (Å²) in [6.45, 7) is 12.6. The molecule has 0 radical (unpaired) electrons. The van der Waals surface area contributed by atoms with Crippen molar-refractivity contribution in [2.75, 3.05) is 0 Å². The van der Waals surface area contributed by atoms with Gasteiger partial charge in [0.25, 0.3) is 0 Å². The first kappa shape index (κ1) is 40.7. The summed E-state index contributed by atoms with van der Waals surface area (Å²) in [6.07, 6.45) is 32.2. The van der Waals surface area contributed by atoms with Crippen molar-refractivity contribution in [3.05, 3.63) is 259 Å². The quantitative estimate of drug-likeness (QED) is 0.0942. The van der Waals surface area contributed by atoms with Crippen LogP contribution in [0.2, 0.25) is 0 Å². The molecule has 1 aromatic heterocycles. The first-order valence-electron chi connectivity index (χ1n) is 20.0. The minimum Gasteiger partial charge on any atom is -0.213 e. The summed E-state index contributed by atoms with van der Waals surface area (Å²) in [5.74, 6) is 2.64. The topological polar surface area (TPSA) is 38.7 Å². The van der Waals surface area contributed by atoms with Crippen LogP contribution in [0.4, 0.5) is 0 Å². The van der Waals surface area contributed by atoms with Crippen LogP contribution in [0.1, 0.15) is 55.0 Å². The van der Waals surface area contributed by atoms with Gasteiger partial charge in [0.05, 0.1) is 0 Å². The van der Waals surface area contributed by atoms with Gasteiger partial charge in [-0.15, -0.1) is 0 Å². The number of hydrogen-bond donors (Lipinski definition) is 0. The Hall–Kier alpha value is -6.97. The van der Waals surface area contributed by atoms with Crippen molar-refractivity contribution in [2.24, 2.45) is 5.92 Å². The van der Waals surface area contributed by atoms with Crippen molar-refractivity contribution in [3.63, 3.8) is 0 Å². The summed E-state index contributed by atoms with van der Waals surface area (Å²) in [6, 6.07) is 41.5. The van der Waals surface area contributed by atoms with Crippen LogP contribution in [-0.4, -0.2) is 15.0 Å². The van der Waals surface area contributed by atoms with Crippen molar-refractivity contribution in [2.45, 2.75) is 33.1 Å². The first-order valence-corrected chi connectivity index (χ1v) is 20.0. The monoisotopic (exact) mass is 753 g/mol. The molecule has 286 valence electrons. The highest BCUT2D eigenvalue weighted by Crippen LogP contribution is 2.27. The lowest BCUT2D eigenvalue weighted by atomic mass is 9.96. The fourth-order valence-corrected chi connectivity index (χ4v) is 6.49. The highest BCUT2D eigenvalue weighted by molar-refractivity contribution is 5.88. The number of allylic oxidation sites excluding steroid dienone is 20. The van der Waals surface area contributed by atoms with E-state index in [9.17, 15) is 0 Å². The van der Waals surface area contributed by atoms with E-state index >= 15 is 0 Å². The SMILES string of the molecule is C=C/C(=C\C=C/Cc1nc(C2=CCC(C)C=C2)nc(-c2ccccc2)n1)C/C=C(/C=C/C(=C\C(=C/C)c1ccccc1)c1ccccc1)\C=C(/C=C)c1ccccc1. The van der Waals surface area contributed by atoms with E-state index in [4.69, 9.17) is 15.0 Å². The van der Waals surface area contributed by atoms with E-state index in [0.29, 0.717) is 30.4 Å². The van der Waals surface area contributed by atoms with Crippen LogP contribution in [0.5, 0.6) is 0 Å². The Morgan fingerprint density at radius 1 is 0.672 bits per heavy atom. The molecule has 1 aliphatic rings. The maximum atomic E-state index is 4.89. The largest absolute Gasteiger partial charge is 0.213 e. The molecule has 6 rings (SSSR count). The second-order valence-corrected chi connectivity index (χ2v) is 14.1. The third kappa shape index (κ3) is 11.8. The van der Waals surface area contributed by atoms with Gasteiger partial charge in [-0.05, 0) is 82.4 Å². The average molecular weight is 754 g/mol. The zero-order valence-corrected chi connectivity index (χ0v) is 33.6. The normalized spacial score (nSPS) is 15.5. The van der Waals surface area contributed by atoms with Gasteiger partial charge in [0.1, 0.15) is 5.82 Å². The van der Waals surface area contributed by atoms with E-state index < -0.39 is 0 Å². The summed E-state index contributed by atoms with van der Waals surface area (Å²) < 4.78 is 0. The van der Waals surface area contributed by atoms with Crippen LogP contribution in [-0.2, 0) is 6.42 Å². The molecular weight excluding hydrogens is 703 g/mol. The predicted octanol–water partition coefficient (Wildman–Crippen LogP) is 14.1. The Kier molecular flexibility index (Phi) is 15.0. The van der Waals surface area contributed by atoms with Gasteiger partial charge in [-0.1, -0.05) is 214 Å². The maximum Gasteiger partial charge on any atom is 0.163 e. The Morgan fingerprint density at radius 2 is 1.28 bits per heavy atom. The lowest BCUT2D eigenvalue weighted by Gasteiger charge is -2.12. The van der Waals surface area contributed by atoms with E-state index in [1.54, 1.807) is 0 Å². The Labute approximate surface area is 345 Å². The van der Waals surface area contributed by atoms with Gasteiger partial charge in [0.2, 0.25) is 0 Å². The molecule has 3 nitrogen and oxygen atoms in total. The molecule has 0 aliphatic heterocycles. The molecule has 0 N–H and O–H groups in total. The van der Waals surface area contributed by atoms with Crippen LogP contribution in [0, 0.1) is 5.92 Å². The fourth-order valence-electron chi connectivity index (χ4n) is 6.49. The lowest BCUT2D eigenvalue weighted by Crippen LogP contribution is -2.06. The Balaban J connectivity index is 1.29. The van der Waals surface area contributed by atoms with Crippen LogP contribution >= 0.6 is 0 Å². The minimum atomic E-state index is 0.512. The zero-order chi connectivity index (χ0) is 40.4. The van der Waals surface area contributed by atoms with Gasteiger partial charge in [-0.2, -0.15) is 0 Å². The molecule has 0 amide bonds. The molecule has 1 heterocycles. The van der Waals surface area contributed by atoms with Crippen molar-refractivity contribution < 1.29 is 0 Å². The molecule has 1 unspecified atom stereocenters. The molecular formula is C55H51N3. The Bertz CT molecular complexity index is 2440. The zero-order valence-electron chi connectivity index (χ0n) is 33.6. The molecule has 1 atom stereocenters. The molecule has 3 heteroatoms. The van der Waals surface area contributed by atoms with E-state index in [0.717, 1.165) is 62.4 Å². The third-order valence-corrected chi connectivity index (χ3v) is 9.81. The lowest BCUT2D eigenvalue weighted by molar-refractivity contribution is 0.737. The number of benzene rings is 4. The van der Waals surface area contributed by atoms with Crippen molar-refractivity contribution >= 4 is 22.3 Å². The molecule has 58 heavy (non-hydrogen) atoms. The molecule has 1 aliphatic carbocycles. The van der Waals surface area contributed by atoms with Crippen LogP contribution in [0.25, 0.3) is 33.7 Å². The molecule has 0 saturated carbocycles. The van der Waals surface area contributed by atoms with E-state index in [2.05, 4.69) is 179 Å². The standard InChI is InChI=1S/C55H51N3/c1-5-43(22-20-21-31-53-56-54(50-29-18-11-19-30-50)58-55(57-53)51-37-32-42(4)33-38-51)34-35-44(40-45(6-2)47-23-12-8-13-24-47)36-39-52(49-27-16-10-17-28-49)41-46(7-3)48-25-14-9-15-26-48/h5-30,32,35-42H,1-2,31,33-34H2,3-4H3/b21-20-,39-36+,43-22+,44-35-,45-40+,46-7+,52-41+. The van der Waals surface area contributed by atoms with E-state index in [-0.39, 0.29) is 0 Å². The van der Waals surface area contributed by atoms with Crippen LogP contribution in [0.15, 0.2) is 231 Å². The molecule has 5 aromatic rings. The van der Waals surface area contributed by atoms with Crippen LogP contribution in [0.3, 0.4) is 0 Å². The van der Waals surface area contributed by atoms with Crippen molar-refractivity contribution in [1.82, 2.24) is 15.0 Å². The second-order valence-electron chi connectivity index (χ2n) is 14.1. The van der Waals surface area contributed by atoms with Gasteiger partial charge in [-0.25, -0.2) is 15.0 Å². The average Bonchev–Trinajstić information content (AvgIpc) is 3.29. The maximum absolute atomic E-state index is 4.89. The minimum absolute atomic E-state index is 0.512. The van der Waals surface area contributed by atoms with Gasteiger partial charge in [-0.3, -0.25) is 0 Å². The molecule has 4 aromatic carbocycles. The highest BCUT2D eigenvalue weighted by atomic mass is 15.0. The fraction of sp³-hybridized carbons (Fsp3) is 0.109.